The van der Waals surface area contributed by atoms with Crippen LogP contribution in [0, 0.1) is 0 Å². The quantitative estimate of drug-likeness (QED) is 0.0693. The summed E-state index contributed by atoms with van der Waals surface area (Å²) in [7, 11) is 1.23. The number of carbonyl (C=O) groups is 2. The Labute approximate surface area is 234 Å². The molecule has 0 aromatic carbocycles. The van der Waals surface area contributed by atoms with Gasteiger partial charge in [-0.3, -0.25) is 0 Å². The molecule has 0 aliphatic heterocycles. The molecule has 1 heterocycles. The lowest BCUT2D eigenvalue weighted by atomic mass is 10.0. The van der Waals surface area contributed by atoms with E-state index < -0.39 is 18.4 Å². The van der Waals surface area contributed by atoms with Gasteiger partial charge >= 0.3 is 12.3 Å². The first kappa shape index (κ1) is 34.2. The molecule has 0 fully saturated rings. The highest BCUT2D eigenvalue weighted by Gasteiger charge is 2.18. The molecule has 1 aromatic heterocycles. The van der Waals surface area contributed by atoms with E-state index in [4.69, 9.17) is 18.9 Å². The third kappa shape index (κ3) is 21.1. The molecule has 1 aromatic rings. The summed E-state index contributed by atoms with van der Waals surface area (Å²) in [5.41, 5.74) is 1.92. The van der Waals surface area contributed by atoms with Crippen molar-refractivity contribution >= 4 is 23.6 Å². The van der Waals surface area contributed by atoms with Crippen LogP contribution < -0.4 is 4.57 Å². The van der Waals surface area contributed by atoms with E-state index >= 15 is 0 Å². The van der Waals surface area contributed by atoms with Gasteiger partial charge in [0.25, 0.3) is 0 Å². The maximum Gasteiger partial charge on any atom is 0.508 e. The summed E-state index contributed by atoms with van der Waals surface area (Å²) in [4.78, 5) is 23.3. The van der Waals surface area contributed by atoms with Crippen molar-refractivity contribution < 1.29 is 37.8 Å². The third-order valence-corrected chi connectivity index (χ3v) is 7.03. The lowest BCUT2D eigenvalue weighted by Crippen LogP contribution is -2.34. The fourth-order valence-corrected chi connectivity index (χ4v) is 4.72. The second kappa shape index (κ2) is 25.4. The number of ether oxygens (including phenoxy) is 5. The van der Waals surface area contributed by atoms with Crippen LogP contribution in [0.4, 0.5) is 9.59 Å². The van der Waals surface area contributed by atoms with Gasteiger partial charge in [0, 0.05) is 6.61 Å². The number of unbranched alkanes of at least 4 members (excludes halogenated alkanes) is 15. The highest BCUT2D eigenvalue weighted by Crippen LogP contribution is 2.13. The Kier molecular flexibility index (Phi) is 22.8. The molecule has 9 heteroatoms. The largest absolute Gasteiger partial charge is 0.508 e. The molecule has 0 aliphatic carbocycles. The fourth-order valence-electron chi connectivity index (χ4n) is 4.09. The predicted octanol–water partition coefficient (Wildman–Crippen LogP) is 7.62. The number of methoxy groups -OCH3 is 1. The Morgan fingerprint density at radius 3 is 1.84 bits per heavy atom. The average molecular weight is 559 g/mol. The molecule has 0 saturated carbocycles. The molecule has 0 saturated heterocycles. The van der Waals surface area contributed by atoms with Gasteiger partial charge in [-0.1, -0.05) is 115 Å². The minimum atomic E-state index is -0.841. The minimum absolute atomic E-state index is 0.131. The molecule has 220 valence electrons. The molecular formula is C29H52NO7S+. The van der Waals surface area contributed by atoms with Crippen LogP contribution in [0.3, 0.4) is 0 Å². The van der Waals surface area contributed by atoms with E-state index in [9.17, 15) is 9.59 Å². The third-order valence-electron chi connectivity index (χ3n) is 6.36. The first-order valence-corrected chi connectivity index (χ1v) is 15.6. The highest BCUT2D eigenvalue weighted by atomic mass is 32.1. The number of rotatable bonds is 25. The number of carbonyl (C=O) groups excluding carboxylic acids is 2. The van der Waals surface area contributed by atoms with E-state index in [0.29, 0.717) is 13.2 Å². The molecule has 0 spiro atoms. The molecule has 38 heavy (non-hydrogen) atoms. The zero-order valence-electron chi connectivity index (χ0n) is 23.9. The van der Waals surface area contributed by atoms with Gasteiger partial charge in [-0.25, -0.2) is 9.59 Å². The van der Waals surface area contributed by atoms with Crippen LogP contribution in [0.2, 0.25) is 0 Å². The Balaban J connectivity index is 1.96. The van der Waals surface area contributed by atoms with Gasteiger partial charge in [0.05, 0.1) is 19.1 Å². The molecule has 1 unspecified atom stereocenters. The predicted molar refractivity (Wildman–Crippen MR) is 149 cm³/mol. The highest BCUT2D eigenvalue weighted by molar-refractivity contribution is 7.07. The van der Waals surface area contributed by atoms with Crippen LogP contribution >= 0.6 is 11.3 Å². The van der Waals surface area contributed by atoms with Crippen LogP contribution in [0.1, 0.15) is 110 Å². The van der Waals surface area contributed by atoms with Gasteiger partial charge < -0.3 is 23.7 Å². The monoisotopic (exact) mass is 558 g/mol. The number of nitrogens with zero attached hydrogens (tertiary/aromatic N) is 1. The van der Waals surface area contributed by atoms with Crippen molar-refractivity contribution in [3.8, 4) is 0 Å². The van der Waals surface area contributed by atoms with Gasteiger partial charge in [0.15, 0.2) is 25.5 Å². The fraction of sp³-hybridized carbons (Fsp3) is 0.828. The number of hydrogen-bond acceptors (Lipinski definition) is 8. The van der Waals surface area contributed by atoms with Crippen molar-refractivity contribution in [1.29, 1.82) is 0 Å². The standard InChI is InChI=1S/C29H52NO7S/c1-3-4-5-6-7-8-9-10-11-12-13-14-15-16-17-18-21-34-24-27(37-28(31)33-2)25-36-29(32)35-22-19-30-20-23-38-26-30/h20,23,26-27H,3-19,21-22,24-25H2,1-2H3/q+1. The first-order chi connectivity index (χ1) is 18.7. The Morgan fingerprint density at radius 2 is 1.32 bits per heavy atom. The topological polar surface area (TPSA) is 84.2 Å². The molecule has 0 radical (unpaired) electrons. The molecule has 8 nitrogen and oxygen atoms in total. The minimum Gasteiger partial charge on any atom is -0.438 e. The summed E-state index contributed by atoms with van der Waals surface area (Å²) in [5, 5.41) is 1.94. The van der Waals surface area contributed by atoms with Crippen LogP contribution in [0.5, 0.6) is 0 Å². The molecular weight excluding hydrogens is 506 g/mol. The Bertz CT molecular complexity index is 672. The van der Waals surface area contributed by atoms with E-state index in [1.807, 2.05) is 21.7 Å². The summed E-state index contributed by atoms with van der Waals surface area (Å²) in [6, 6.07) is 0. The zero-order chi connectivity index (χ0) is 27.5. The van der Waals surface area contributed by atoms with E-state index in [-0.39, 0.29) is 19.8 Å². The van der Waals surface area contributed by atoms with Crippen molar-refractivity contribution in [2.24, 2.45) is 0 Å². The number of hydrogen-bond donors (Lipinski definition) is 0. The van der Waals surface area contributed by atoms with Crippen LogP contribution in [0.15, 0.2) is 17.1 Å². The maximum atomic E-state index is 11.8. The summed E-state index contributed by atoms with van der Waals surface area (Å²) < 4.78 is 27.4. The summed E-state index contributed by atoms with van der Waals surface area (Å²) in [6.07, 6.45) is 20.6. The second-order valence-electron chi connectivity index (χ2n) is 9.75. The van der Waals surface area contributed by atoms with Gasteiger partial charge in [-0.2, -0.15) is 4.57 Å². The lowest BCUT2D eigenvalue weighted by molar-refractivity contribution is -0.693. The van der Waals surface area contributed by atoms with Crippen LogP contribution in [0.25, 0.3) is 0 Å². The van der Waals surface area contributed by atoms with Crippen molar-refractivity contribution in [3.63, 3.8) is 0 Å². The van der Waals surface area contributed by atoms with Crippen LogP contribution in [-0.2, 0) is 30.2 Å². The number of thiazole rings is 1. The molecule has 1 atom stereocenters. The van der Waals surface area contributed by atoms with Crippen molar-refractivity contribution in [1.82, 2.24) is 0 Å². The van der Waals surface area contributed by atoms with Crippen LogP contribution in [-0.4, -0.2) is 52.0 Å². The lowest BCUT2D eigenvalue weighted by Gasteiger charge is -2.17. The average Bonchev–Trinajstić information content (AvgIpc) is 3.44. The summed E-state index contributed by atoms with van der Waals surface area (Å²) >= 11 is 1.56. The smallest absolute Gasteiger partial charge is 0.438 e. The Morgan fingerprint density at radius 1 is 0.737 bits per heavy atom. The van der Waals surface area contributed by atoms with Crippen molar-refractivity contribution in [2.75, 3.05) is 33.5 Å². The molecule has 0 N–H and O–H groups in total. The molecule has 0 amide bonds. The van der Waals surface area contributed by atoms with E-state index in [1.165, 1.54) is 97.0 Å². The molecule has 0 bridgehead atoms. The normalized spacial score (nSPS) is 11.7. The van der Waals surface area contributed by atoms with E-state index in [2.05, 4.69) is 11.7 Å². The zero-order valence-corrected chi connectivity index (χ0v) is 24.7. The summed E-state index contributed by atoms with van der Waals surface area (Å²) in [5.74, 6) is 0. The maximum absolute atomic E-state index is 11.8. The number of aromatic nitrogens is 1. The first-order valence-electron chi connectivity index (χ1n) is 14.7. The van der Waals surface area contributed by atoms with Gasteiger partial charge in [-0.15, -0.1) is 0 Å². The van der Waals surface area contributed by atoms with Gasteiger partial charge in [0.2, 0.25) is 5.51 Å². The van der Waals surface area contributed by atoms with Gasteiger partial charge in [-0.05, 0) is 6.42 Å². The second-order valence-corrected chi connectivity index (χ2v) is 10.5. The molecule has 0 aliphatic rings. The van der Waals surface area contributed by atoms with Crippen molar-refractivity contribution in [2.45, 2.75) is 122 Å². The Hall–Kier alpha value is -1.87. The van der Waals surface area contributed by atoms with E-state index in [1.54, 1.807) is 11.3 Å². The van der Waals surface area contributed by atoms with Gasteiger partial charge in [0.1, 0.15) is 6.61 Å². The molecule has 1 rings (SSSR count). The SMILES string of the molecule is CCCCCCCCCCCCCCCCCCOCC(COC(=O)OCC[n+]1ccsc1)OC(=O)OC. The van der Waals surface area contributed by atoms with Crippen molar-refractivity contribution in [3.05, 3.63) is 17.1 Å². The van der Waals surface area contributed by atoms with E-state index in [0.717, 1.165) is 12.8 Å². The summed E-state index contributed by atoms with van der Waals surface area (Å²) in [6.45, 7) is 3.56.